The van der Waals surface area contributed by atoms with Crippen LogP contribution >= 0.6 is 0 Å². The van der Waals surface area contributed by atoms with Gasteiger partial charge in [0.1, 0.15) is 11.4 Å². The number of hydrogen-bond acceptors (Lipinski definition) is 4. The Kier molecular flexibility index (Phi) is 5.53. The molecule has 2 aromatic carbocycles. The predicted molar refractivity (Wildman–Crippen MR) is 110 cm³/mol. The zero-order chi connectivity index (χ0) is 22.2. The quantitative estimate of drug-likeness (QED) is 0.534. The van der Waals surface area contributed by atoms with E-state index >= 15 is 0 Å². The van der Waals surface area contributed by atoms with Gasteiger partial charge in [-0.05, 0) is 61.2 Å². The number of carbonyl (C=O) groups excluding carboxylic acids is 1. The number of anilines is 1. The van der Waals surface area contributed by atoms with Crippen LogP contribution < -0.4 is 15.8 Å². The van der Waals surface area contributed by atoms with Gasteiger partial charge in [0.25, 0.3) is 5.91 Å². The van der Waals surface area contributed by atoms with E-state index in [1.54, 1.807) is 34.9 Å². The summed E-state index contributed by atoms with van der Waals surface area (Å²) >= 11 is 0. The second kappa shape index (κ2) is 8.14. The molecule has 0 spiro atoms. The van der Waals surface area contributed by atoms with Gasteiger partial charge < -0.3 is 25.5 Å². The maximum absolute atomic E-state index is 13.0. The smallest absolute Gasteiger partial charge is 0.406 e. The summed E-state index contributed by atoms with van der Waals surface area (Å²) in [6.07, 6.45) is -3.22. The van der Waals surface area contributed by atoms with E-state index in [9.17, 15) is 23.1 Å². The number of benzene rings is 2. The molecule has 0 aliphatic heterocycles. The molecule has 164 valence electrons. The molecular weight excluding hydrogens is 411 g/mol. The zero-order valence-corrected chi connectivity index (χ0v) is 16.5. The fourth-order valence-electron chi connectivity index (χ4n) is 4.02. The lowest BCUT2D eigenvalue weighted by Gasteiger charge is -2.18. The summed E-state index contributed by atoms with van der Waals surface area (Å²) in [7, 11) is 0. The number of nitrogens with two attached hydrogens (primary N) is 1. The largest absolute Gasteiger partial charge is 0.573 e. The number of nitrogens with one attached hydrogen (secondary N) is 1. The maximum Gasteiger partial charge on any atom is 0.573 e. The Bertz CT molecular complexity index is 1110. The molecule has 1 aromatic heterocycles. The first-order chi connectivity index (χ1) is 14.7. The third-order valence-corrected chi connectivity index (χ3v) is 5.43. The lowest BCUT2D eigenvalue weighted by Crippen LogP contribution is -2.40. The standard InChI is InChI=1S/C22H22F3N3O3/c23-22(24,25)31-16-4-1-3-13(9-16)12-28-18-8-7-15(26)10-14(18)11-19(28)21(30)27-17-5-2-6-20(17)29/h1,3-4,7-11,17,20,29H,2,5-6,12,26H2,(H,27,30)/t17-,20-/m1/s1. The van der Waals surface area contributed by atoms with Crippen molar-refractivity contribution in [3.05, 3.63) is 59.8 Å². The van der Waals surface area contributed by atoms with Crippen molar-refractivity contribution in [3.63, 3.8) is 0 Å². The van der Waals surface area contributed by atoms with E-state index in [1.165, 1.54) is 18.2 Å². The SMILES string of the molecule is Nc1ccc2c(c1)cc(C(=O)N[C@@H]1CCC[C@H]1O)n2Cc1cccc(OC(F)(F)F)c1. The van der Waals surface area contributed by atoms with Crippen LogP contribution in [0.3, 0.4) is 0 Å². The second-order valence-corrected chi connectivity index (χ2v) is 7.71. The number of halogens is 3. The molecule has 1 saturated carbocycles. The number of hydrogen-bond donors (Lipinski definition) is 3. The first kappa shape index (κ1) is 21.0. The molecule has 1 heterocycles. The number of nitrogen functional groups attached to an aromatic ring is 1. The van der Waals surface area contributed by atoms with Gasteiger partial charge in [0, 0.05) is 23.1 Å². The summed E-state index contributed by atoms with van der Waals surface area (Å²) in [6, 6.07) is 12.2. The van der Waals surface area contributed by atoms with E-state index in [2.05, 4.69) is 10.1 Å². The summed E-state index contributed by atoms with van der Waals surface area (Å²) < 4.78 is 43.5. The third-order valence-electron chi connectivity index (χ3n) is 5.43. The Morgan fingerprint density at radius 2 is 2.00 bits per heavy atom. The summed E-state index contributed by atoms with van der Waals surface area (Å²) in [5, 5.41) is 13.7. The van der Waals surface area contributed by atoms with E-state index in [0.29, 0.717) is 35.3 Å². The van der Waals surface area contributed by atoms with Gasteiger partial charge in [-0.3, -0.25) is 4.79 Å². The lowest BCUT2D eigenvalue weighted by molar-refractivity contribution is -0.274. The van der Waals surface area contributed by atoms with Gasteiger partial charge in [0.05, 0.1) is 12.1 Å². The molecule has 9 heteroatoms. The molecule has 0 saturated heterocycles. The van der Waals surface area contributed by atoms with Crippen molar-refractivity contribution in [1.29, 1.82) is 0 Å². The van der Waals surface area contributed by atoms with Gasteiger partial charge in [-0.1, -0.05) is 12.1 Å². The van der Waals surface area contributed by atoms with Gasteiger partial charge in [-0.2, -0.15) is 0 Å². The number of aliphatic hydroxyl groups excluding tert-OH is 1. The van der Waals surface area contributed by atoms with Crippen molar-refractivity contribution in [2.24, 2.45) is 0 Å². The number of carbonyl (C=O) groups is 1. The number of rotatable bonds is 5. The van der Waals surface area contributed by atoms with Crippen LogP contribution in [0.15, 0.2) is 48.5 Å². The molecule has 3 aromatic rings. The molecule has 6 nitrogen and oxygen atoms in total. The van der Waals surface area contributed by atoms with Crippen molar-refractivity contribution in [2.75, 3.05) is 5.73 Å². The minimum atomic E-state index is -4.79. The van der Waals surface area contributed by atoms with E-state index in [1.807, 2.05) is 0 Å². The molecule has 1 amide bonds. The predicted octanol–water partition coefficient (Wildman–Crippen LogP) is 3.81. The van der Waals surface area contributed by atoms with Crippen LogP contribution in [-0.2, 0) is 6.54 Å². The summed E-state index contributed by atoms with van der Waals surface area (Å²) in [4.78, 5) is 13.0. The highest BCUT2D eigenvalue weighted by molar-refractivity contribution is 5.99. The summed E-state index contributed by atoms with van der Waals surface area (Å²) in [5.41, 5.74) is 7.99. The van der Waals surface area contributed by atoms with Gasteiger partial charge in [0.2, 0.25) is 0 Å². The van der Waals surface area contributed by atoms with Crippen LogP contribution in [-0.4, -0.2) is 34.1 Å². The molecule has 1 aliphatic carbocycles. The maximum atomic E-state index is 13.0. The number of alkyl halides is 3. The molecule has 0 radical (unpaired) electrons. The Hall–Kier alpha value is -3.20. The first-order valence-electron chi connectivity index (χ1n) is 9.92. The van der Waals surface area contributed by atoms with Crippen molar-refractivity contribution < 1.29 is 27.8 Å². The van der Waals surface area contributed by atoms with Crippen molar-refractivity contribution in [1.82, 2.24) is 9.88 Å². The minimum Gasteiger partial charge on any atom is -0.406 e. The summed E-state index contributed by atoms with van der Waals surface area (Å²) in [6.45, 7) is 0.151. The molecule has 0 unspecified atom stereocenters. The fraction of sp³-hybridized carbons (Fsp3) is 0.318. The highest BCUT2D eigenvalue weighted by Crippen LogP contribution is 2.27. The third kappa shape index (κ3) is 4.77. The van der Waals surface area contributed by atoms with E-state index in [0.717, 1.165) is 11.8 Å². The van der Waals surface area contributed by atoms with Gasteiger partial charge in [0.15, 0.2) is 0 Å². The number of aliphatic hydroxyl groups is 1. The number of aromatic nitrogens is 1. The van der Waals surface area contributed by atoms with Crippen molar-refractivity contribution >= 4 is 22.5 Å². The molecule has 0 bridgehead atoms. The van der Waals surface area contributed by atoms with Crippen LogP contribution in [0, 0.1) is 0 Å². The molecule has 1 aliphatic rings. The highest BCUT2D eigenvalue weighted by atomic mass is 19.4. The van der Waals surface area contributed by atoms with Gasteiger partial charge in [-0.15, -0.1) is 13.2 Å². The molecule has 4 N–H and O–H groups in total. The monoisotopic (exact) mass is 433 g/mol. The second-order valence-electron chi connectivity index (χ2n) is 7.71. The van der Waals surface area contributed by atoms with E-state index < -0.39 is 12.5 Å². The van der Waals surface area contributed by atoms with Crippen LogP contribution in [0.4, 0.5) is 18.9 Å². The Balaban J connectivity index is 1.68. The number of amides is 1. The van der Waals surface area contributed by atoms with Gasteiger partial charge in [-0.25, -0.2) is 0 Å². The molecule has 4 rings (SSSR count). The van der Waals surface area contributed by atoms with Crippen LogP contribution in [0.2, 0.25) is 0 Å². The van der Waals surface area contributed by atoms with Crippen LogP contribution in [0.5, 0.6) is 5.75 Å². The number of nitrogens with zero attached hydrogens (tertiary/aromatic N) is 1. The summed E-state index contributed by atoms with van der Waals surface area (Å²) in [5.74, 6) is -0.686. The molecule has 1 fully saturated rings. The topological polar surface area (TPSA) is 89.5 Å². The average molecular weight is 433 g/mol. The fourth-order valence-corrected chi connectivity index (χ4v) is 4.02. The van der Waals surface area contributed by atoms with E-state index in [4.69, 9.17) is 5.73 Å². The lowest BCUT2D eigenvalue weighted by atomic mass is 10.2. The Labute approximate surface area is 176 Å². The Morgan fingerprint density at radius 3 is 2.71 bits per heavy atom. The van der Waals surface area contributed by atoms with Gasteiger partial charge >= 0.3 is 6.36 Å². The van der Waals surface area contributed by atoms with Crippen molar-refractivity contribution in [3.8, 4) is 5.75 Å². The minimum absolute atomic E-state index is 0.151. The van der Waals surface area contributed by atoms with E-state index in [-0.39, 0.29) is 24.2 Å². The normalized spacial score (nSPS) is 19.0. The highest BCUT2D eigenvalue weighted by Gasteiger charge is 2.31. The number of ether oxygens (including phenoxy) is 1. The van der Waals surface area contributed by atoms with Crippen molar-refractivity contribution in [2.45, 2.75) is 44.3 Å². The average Bonchev–Trinajstić information content (AvgIpc) is 3.24. The zero-order valence-electron chi connectivity index (χ0n) is 16.5. The Morgan fingerprint density at radius 1 is 1.19 bits per heavy atom. The molecule has 2 atom stereocenters. The molecular formula is C22H22F3N3O3. The first-order valence-corrected chi connectivity index (χ1v) is 9.92. The van der Waals surface area contributed by atoms with Crippen LogP contribution in [0.25, 0.3) is 10.9 Å². The molecule has 31 heavy (non-hydrogen) atoms. The number of fused-ring (bicyclic) bond motifs is 1. The van der Waals surface area contributed by atoms with Crippen LogP contribution in [0.1, 0.15) is 35.3 Å².